The second-order valence-corrected chi connectivity index (χ2v) is 5.94. The molecule has 0 spiro atoms. The molecule has 0 saturated heterocycles. The normalized spacial score (nSPS) is 12.5. The molecule has 0 radical (unpaired) electrons. The number of unbranched alkanes of at least 4 members (excludes halogenated alkanes) is 3. The largest absolute Gasteiger partial charge is 0.370 e. The van der Waals surface area contributed by atoms with E-state index in [1.807, 2.05) is 37.3 Å². The zero-order chi connectivity index (χ0) is 17.2. The van der Waals surface area contributed by atoms with Gasteiger partial charge in [-0.3, -0.25) is 4.99 Å². The highest BCUT2D eigenvalue weighted by Crippen LogP contribution is 2.19. The Morgan fingerprint density at radius 3 is 2.72 bits per heavy atom. The van der Waals surface area contributed by atoms with Crippen LogP contribution >= 0.6 is 24.0 Å². The molecule has 0 amide bonds. The highest BCUT2D eigenvalue weighted by Gasteiger charge is 2.14. The number of nitrogens with zero attached hydrogens (tertiary/aromatic N) is 3. The predicted molar refractivity (Wildman–Crippen MR) is 112 cm³/mol. The molecule has 1 aromatic heterocycles. The van der Waals surface area contributed by atoms with Gasteiger partial charge in [-0.05, 0) is 6.42 Å². The smallest absolute Gasteiger partial charge is 0.231 e. The van der Waals surface area contributed by atoms with E-state index in [9.17, 15) is 0 Å². The summed E-state index contributed by atoms with van der Waals surface area (Å²) in [6, 6.07) is 9.77. The molecule has 138 valence electrons. The van der Waals surface area contributed by atoms with E-state index in [4.69, 9.17) is 10.3 Å². The fourth-order valence-electron chi connectivity index (χ4n) is 2.28. The summed E-state index contributed by atoms with van der Waals surface area (Å²) in [5, 5.41) is 7.17. The zero-order valence-corrected chi connectivity index (χ0v) is 17.3. The monoisotopic (exact) mass is 457 g/mol. The lowest BCUT2D eigenvalue weighted by atomic mass is 10.2. The van der Waals surface area contributed by atoms with Crippen LogP contribution in [0.15, 0.2) is 39.8 Å². The van der Waals surface area contributed by atoms with Crippen molar-refractivity contribution in [3.05, 3.63) is 36.2 Å². The standard InChI is InChI=1S/C18H27N5O.HI/c1-3-4-5-9-12-20-18(19)21-13-14(2)17-22-16(23-24-17)15-10-7-6-8-11-15;/h6-8,10-11,14H,3-5,9,12-13H2,1-2H3,(H3,19,20,21);1H. The lowest BCUT2D eigenvalue weighted by Crippen LogP contribution is -2.32. The molecule has 0 aliphatic heterocycles. The number of aliphatic imine (C=N–C) groups is 1. The average molecular weight is 457 g/mol. The second kappa shape index (κ2) is 11.8. The SMILES string of the molecule is CCCCCCNC(N)=NCC(C)c1nc(-c2ccccc2)no1.I. The summed E-state index contributed by atoms with van der Waals surface area (Å²) in [6.45, 7) is 5.58. The first-order valence-corrected chi connectivity index (χ1v) is 8.63. The molecule has 25 heavy (non-hydrogen) atoms. The van der Waals surface area contributed by atoms with Gasteiger partial charge in [-0.25, -0.2) is 0 Å². The van der Waals surface area contributed by atoms with E-state index in [-0.39, 0.29) is 29.9 Å². The van der Waals surface area contributed by atoms with Crippen molar-refractivity contribution in [3.63, 3.8) is 0 Å². The number of nitrogens with one attached hydrogen (secondary N) is 1. The topological polar surface area (TPSA) is 89.3 Å². The number of nitrogens with two attached hydrogens (primary N) is 1. The lowest BCUT2D eigenvalue weighted by molar-refractivity contribution is 0.361. The van der Waals surface area contributed by atoms with Crippen molar-refractivity contribution >= 4 is 29.9 Å². The Morgan fingerprint density at radius 1 is 1.24 bits per heavy atom. The van der Waals surface area contributed by atoms with Gasteiger partial charge in [0, 0.05) is 12.1 Å². The summed E-state index contributed by atoms with van der Waals surface area (Å²) >= 11 is 0. The van der Waals surface area contributed by atoms with E-state index in [0.29, 0.717) is 24.2 Å². The van der Waals surface area contributed by atoms with E-state index in [0.717, 1.165) is 18.5 Å². The Labute approximate surface area is 166 Å². The molecule has 0 bridgehead atoms. The summed E-state index contributed by atoms with van der Waals surface area (Å²) < 4.78 is 5.35. The molecule has 0 aliphatic rings. The predicted octanol–water partition coefficient (Wildman–Crippen LogP) is 3.94. The van der Waals surface area contributed by atoms with Crippen molar-refractivity contribution in [2.75, 3.05) is 13.1 Å². The Bertz CT molecular complexity index is 629. The Morgan fingerprint density at radius 2 is 2.00 bits per heavy atom. The van der Waals surface area contributed by atoms with Gasteiger partial charge >= 0.3 is 0 Å². The van der Waals surface area contributed by atoms with Gasteiger partial charge in [-0.1, -0.05) is 68.6 Å². The maximum atomic E-state index is 5.88. The van der Waals surface area contributed by atoms with Gasteiger partial charge in [-0.15, -0.1) is 24.0 Å². The molecule has 1 heterocycles. The van der Waals surface area contributed by atoms with Gasteiger partial charge in [0.05, 0.1) is 12.5 Å². The van der Waals surface area contributed by atoms with Crippen molar-refractivity contribution in [2.45, 2.75) is 45.4 Å². The van der Waals surface area contributed by atoms with Crippen molar-refractivity contribution in [3.8, 4) is 11.4 Å². The van der Waals surface area contributed by atoms with Crippen LogP contribution in [0.5, 0.6) is 0 Å². The number of hydrogen-bond acceptors (Lipinski definition) is 4. The van der Waals surface area contributed by atoms with E-state index in [2.05, 4.69) is 27.4 Å². The van der Waals surface area contributed by atoms with Crippen LogP contribution in [0.4, 0.5) is 0 Å². The van der Waals surface area contributed by atoms with Gasteiger partial charge < -0.3 is 15.6 Å². The number of aromatic nitrogens is 2. The highest BCUT2D eigenvalue weighted by atomic mass is 127. The minimum atomic E-state index is 0. The first-order chi connectivity index (χ1) is 11.7. The first-order valence-electron chi connectivity index (χ1n) is 8.63. The highest BCUT2D eigenvalue weighted by molar-refractivity contribution is 14.0. The third-order valence-electron chi connectivity index (χ3n) is 3.77. The summed E-state index contributed by atoms with van der Waals surface area (Å²) in [5.41, 5.74) is 6.82. The molecule has 7 heteroatoms. The molecule has 0 fully saturated rings. The molecule has 2 rings (SSSR count). The summed E-state index contributed by atoms with van der Waals surface area (Å²) in [4.78, 5) is 8.80. The van der Waals surface area contributed by atoms with Crippen LogP contribution in [0.25, 0.3) is 11.4 Å². The lowest BCUT2D eigenvalue weighted by Gasteiger charge is -2.07. The van der Waals surface area contributed by atoms with Crippen LogP contribution in [0.1, 0.15) is 51.3 Å². The van der Waals surface area contributed by atoms with E-state index in [1.54, 1.807) is 0 Å². The number of rotatable bonds is 9. The van der Waals surface area contributed by atoms with Crippen LogP contribution in [-0.2, 0) is 0 Å². The van der Waals surface area contributed by atoms with Crippen LogP contribution in [0, 0.1) is 0 Å². The van der Waals surface area contributed by atoms with Crippen molar-refractivity contribution in [2.24, 2.45) is 10.7 Å². The number of benzene rings is 1. The molecular weight excluding hydrogens is 429 g/mol. The molecule has 2 aromatic rings. The summed E-state index contributed by atoms with van der Waals surface area (Å²) in [5.74, 6) is 1.67. The van der Waals surface area contributed by atoms with Crippen molar-refractivity contribution in [1.82, 2.24) is 15.5 Å². The third kappa shape index (κ3) is 7.41. The number of halogens is 1. The Hall–Kier alpha value is -1.64. The molecular formula is C18H28IN5O. The minimum Gasteiger partial charge on any atom is -0.370 e. The van der Waals surface area contributed by atoms with Crippen LogP contribution in [-0.4, -0.2) is 29.2 Å². The fraction of sp³-hybridized carbons (Fsp3) is 0.500. The van der Waals surface area contributed by atoms with Crippen molar-refractivity contribution in [1.29, 1.82) is 0 Å². The maximum Gasteiger partial charge on any atom is 0.231 e. The molecule has 3 N–H and O–H groups in total. The fourth-order valence-corrected chi connectivity index (χ4v) is 2.28. The van der Waals surface area contributed by atoms with Crippen molar-refractivity contribution < 1.29 is 4.52 Å². The van der Waals surface area contributed by atoms with Crippen LogP contribution in [0.3, 0.4) is 0 Å². The van der Waals surface area contributed by atoms with E-state index in [1.165, 1.54) is 19.3 Å². The Kier molecular flexibility index (Phi) is 10.1. The average Bonchev–Trinajstić information content (AvgIpc) is 3.10. The molecule has 1 aromatic carbocycles. The first kappa shape index (κ1) is 21.4. The summed E-state index contributed by atoms with van der Waals surface area (Å²) in [6.07, 6.45) is 4.83. The van der Waals surface area contributed by atoms with Gasteiger partial charge in [0.15, 0.2) is 5.96 Å². The zero-order valence-electron chi connectivity index (χ0n) is 14.9. The maximum absolute atomic E-state index is 5.88. The molecule has 1 atom stereocenters. The molecule has 1 unspecified atom stereocenters. The third-order valence-corrected chi connectivity index (χ3v) is 3.77. The summed E-state index contributed by atoms with van der Waals surface area (Å²) in [7, 11) is 0. The van der Waals surface area contributed by atoms with Gasteiger partial charge in [-0.2, -0.15) is 4.98 Å². The van der Waals surface area contributed by atoms with E-state index >= 15 is 0 Å². The van der Waals surface area contributed by atoms with Gasteiger partial charge in [0.25, 0.3) is 0 Å². The van der Waals surface area contributed by atoms with Crippen LogP contribution in [0.2, 0.25) is 0 Å². The van der Waals surface area contributed by atoms with Gasteiger partial charge in [0.2, 0.25) is 11.7 Å². The quantitative estimate of drug-likeness (QED) is 0.258. The molecule has 6 nitrogen and oxygen atoms in total. The van der Waals surface area contributed by atoms with Gasteiger partial charge in [0.1, 0.15) is 0 Å². The second-order valence-electron chi connectivity index (χ2n) is 5.94. The number of guanidine groups is 1. The Balaban J connectivity index is 0.00000312. The van der Waals surface area contributed by atoms with Crippen LogP contribution < -0.4 is 11.1 Å². The molecule has 0 saturated carbocycles. The minimum absolute atomic E-state index is 0. The number of hydrogen-bond donors (Lipinski definition) is 2. The molecule has 0 aliphatic carbocycles. The van der Waals surface area contributed by atoms with E-state index < -0.39 is 0 Å².